The number of halogens is 4. The molecule has 3 heterocycles. The highest BCUT2D eigenvalue weighted by atomic mass is 35.5. The first-order valence-corrected chi connectivity index (χ1v) is 8.23. The summed E-state index contributed by atoms with van der Waals surface area (Å²) in [6.07, 6.45) is -1.58. The minimum absolute atomic E-state index is 0.0295. The molecule has 0 bridgehead atoms. The molecule has 1 fully saturated rings. The molecule has 0 amide bonds. The van der Waals surface area contributed by atoms with Crippen LogP contribution >= 0.6 is 11.6 Å². The first-order chi connectivity index (χ1) is 11.4. The molecular weight excluding hydrogens is 345 g/mol. The number of anilines is 1. The Morgan fingerprint density at radius 1 is 1.29 bits per heavy atom. The highest BCUT2D eigenvalue weighted by Gasteiger charge is 2.27. The number of nitrogens with one attached hydrogen (secondary N) is 1. The summed E-state index contributed by atoms with van der Waals surface area (Å²) < 4.78 is 41.8. The van der Waals surface area contributed by atoms with E-state index >= 15 is 0 Å². The molecule has 0 saturated carbocycles. The van der Waals surface area contributed by atoms with E-state index in [1.54, 1.807) is 12.3 Å². The molecule has 1 saturated heterocycles. The smallest absolute Gasteiger partial charge is 0.390 e. The minimum atomic E-state index is -4.10. The Balaban J connectivity index is 1.52. The molecule has 0 unspecified atom stereocenters. The van der Waals surface area contributed by atoms with Gasteiger partial charge in [-0.25, -0.2) is 4.98 Å². The zero-order chi connectivity index (χ0) is 17.2. The lowest BCUT2D eigenvalue weighted by molar-refractivity contribution is -0.133. The molecule has 1 aliphatic rings. The van der Waals surface area contributed by atoms with E-state index in [4.69, 9.17) is 16.0 Å². The molecular formula is C15H18ClF3N4O. The molecule has 1 N–H and O–H groups in total. The summed E-state index contributed by atoms with van der Waals surface area (Å²) in [5.41, 5.74) is 1.28. The number of furan rings is 1. The van der Waals surface area contributed by atoms with Gasteiger partial charge in [0.15, 0.2) is 11.4 Å². The summed E-state index contributed by atoms with van der Waals surface area (Å²) in [6.45, 7) is 2.09. The summed E-state index contributed by atoms with van der Waals surface area (Å²) in [5, 5.41) is 3.07. The average molecular weight is 363 g/mol. The molecule has 2 aromatic heterocycles. The van der Waals surface area contributed by atoms with Gasteiger partial charge in [-0.1, -0.05) is 0 Å². The number of alkyl halides is 3. The summed E-state index contributed by atoms with van der Waals surface area (Å²) >= 11 is 5.96. The van der Waals surface area contributed by atoms with Crippen LogP contribution in [0.4, 0.5) is 19.0 Å². The number of nitrogens with zero attached hydrogens (tertiary/aromatic N) is 3. The number of fused-ring (bicyclic) bond motifs is 1. The van der Waals surface area contributed by atoms with Gasteiger partial charge >= 0.3 is 6.18 Å². The van der Waals surface area contributed by atoms with E-state index in [1.165, 1.54) is 0 Å². The quantitative estimate of drug-likeness (QED) is 0.650. The minimum Gasteiger partial charge on any atom is -0.459 e. The van der Waals surface area contributed by atoms with Crippen LogP contribution in [-0.4, -0.2) is 42.3 Å². The number of piperidine rings is 1. The lowest BCUT2D eigenvalue weighted by Crippen LogP contribution is -2.38. The topological polar surface area (TPSA) is 54.2 Å². The van der Waals surface area contributed by atoms with Gasteiger partial charge in [0.25, 0.3) is 0 Å². The SMILES string of the molecule is FC(F)(F)CCNCC1CCN(c2nc(Cl)nc3ccoc23)CC1. The predicted octanol–water partition coefficient (Wildman–Crippen LogP) is 3.63. The summed E-state index contributed by atoms with van der Waals surface area (Å²) in [4.78, 5) is 10.5. The predicted molar refractivity (Wildman–Crippen MR) is 85.3 cm³/mol. The van der Waals surface area contributed by atoms with Crippen molar-refractivity contribution < 1.29 is 17.6 Å². The first-order valence-electron chi connectivity index (χ1n) is 7.85. The second kappa shape index (κ2) is 7.14. The normalized spacial score (nSPS) is 16.9. The fourth-order valence-corrected chi connectivity index (χ4v) is 3.09. The van der Waals surface area contributed by atoms with Gasteiger partial charge in [0.1, 0.15) is 5.52 Å². The van der Waals surface area contributed by atoms with E-state index < -0.39 is 12.6 Å². The van der Waals surface area contributed by atoms with Crippen LogP contribution in [0.5, 0.6) is 0 Å². The van der Waals surface area contributed by atoms with Gasteiger partial charge in [0, 0.05) is 25.7 Å². The molecule has 132 valence electrons. The molecule has 24 heavy (non-hydrogen) atoms. The van der Waals surface area contributed by atoms with Gasteiger partial charge in [-0.3, -0.25) is 0 Å². The molecule has 0 spiro atoms. The van der Waals surface area contributed by atoms with E-state index in [2.05, 4.69) is 20.2 Å². The Morgan fingerprint density at radius 2 is 2.04 bits per heavy atom. The van der Waals surface area contributed by atoms with E-state index in [0.717, 1.165) is 25.9 Å². The van der Waals surface area contributed by atoms with Crippen molar-refractivity contribution in [1.82, 2.24) is 15.3 Å². The second-order valence-corrected chi connectivity index (χ2v) is 6.29. The maximum atomic E-state index is 12.1. The molecule has 0 atom stereocenters. The van der Waals surface area contributed by atoms with Crippen molar-refractivity contribution in [3.63, 3.8) is 0 Å². The van der Waals surface area contributed by atoms with Crippen LogP contribution in [0.15, 0.2) is 16.7 Å². The number of hydrogen-bond acceptors (Lipinski definition) is 5. The lowest BCUT2D eigenvalue weighted by atomic mass is 9.96. The Labute approximate surface area is 142 Å². The van der Waals surface area contributed by atoms with Crippen molar-refractivity contribution in [2.75, 3.05) is 31.1 Å². The van der Waals surface area contributed by atoms with Crippen molar-refractivity contribution in [1.29, 1.82) is 0 Å². The van der Waals surface area contributed by atoms with Crippen molar-refractivity contribution in [2.45, 2.75) is 25.4 Å². The van der Waals surface area contributed by atoms with E-state index in [-0.39, 0.29) is 11.8 Å². The Bertz CT molecular complexity index is 683. The number of rotatable bonds is 5. The molecule has 1 aliphatic heterocycles. The maximum Gasteiger partial charge on any atom is 0.390 e. The highest BCUT2D eigenvalue weighted by molar-refractivity contribution is 6.28. The van der Waals surface area contributed by atoms with Crippen molar-refractivity contribution in [2.24, 2.45) is 5.92 Å². The van der Waals surface area contributed by atoms with Crippen LogP contribution in [0.2, 0.25) is 5.28 Å². The van der Waals surface area contributed by atoms with Crippen LogP contribution < -0.4 is 10.2 Å². The van der Waals surface area contributed by atoms with E-state index in [1.807, 2.05) is 0 Å². The van der Waals surface area contributed by atoms with Crippen molar-refractivity contribution in [3.8, 4) is 0 Å². The average Bonchev–Trinajstić information content (AvgIpc) is 2.98. The highest BCUT2D eigenvalue weighted by Crippen LogP contribution is 2.29. The van der Waals surface area contributed by atoms with Crippen LogP contribution in [0, 0.1) is 5.92 Å². The number of aromatic nitrogens is 2. The maximum absolute atomic E-state index is 12.1. The molecule has 5 nitrogen and oxygen atoms in total. The standard InChI is InChI=1S/C15H18ClF3N4O/c16-14-21-11-3-8-24-12(11)13(22-14)23-6-1-10(2-7-23)9-20-5-4-15(17,18)19/h3,8,10,20H,1-2,4-7,9H2. The third-order valence-electron chi connectivity index (χ3n) is 4.19. The summed E-state index contributed by atoms with van der Waals surface area (Å²) in [6, 6.07) is 1.74. The fourth-order valence-electron chi connectivity index (χ4n) is 2.92. The Kier molecular flexibility index (Phi) is 5.15. The zero-order valence-electron chi connectivity index (χ0n) is 12.9. The van der Waals surface area contributed by atoms with E-state index in [9.17, 15) is 13.2 Å². The van der Waals surface area contributed by atoms with Gasteiger partial charge in [0.2, 0.25) is 5.28 Å². The van der Waals surface area contributed by atoms with Gasteiger partial charge in [-0.05, 0) is 36.9 Å². The molecule has 9 heteroatoms. The van der Waals surface area contributed by atoms with Crippen LogP contribution in [0.1, 0.15) is 19.3 Å². The largest absolute Gasteiger partial charge is 0.459 e. The first kappa shape index (κ1) is 17.3. The van der Waals surface area contributed by atoms with Gasteiger partial charge in [-0.2, -0.15) is 18.2 Å². The van der Waals surface area contributed by atoms with Gasteiger partial charge < -0.3 is 14.6 Å². The Morgan fingerprint density at radius 3 is 2.75 bits per heavy atom. The lowest BCUT2D eigenvalue weighted by Gasteiger charge is -2.32. The summed E-state index contributed by atoms with van der Waals surface area (Å²) in [5.74, 6) is 1.04. The van der Waals surface area contributed by atoms with Gasteiger partial charge in [0.05, 0.1) is 12.7 Å². The molecule has 0 aromatic carbocycles. The summed E-state index contributed by atoms with van der Waals surface area (Å²) in [7, 11) is 0. The van der Waals surface area contributed by atoms with Crippen LogP contribution in [0.25, 0.3) is 11.1 Å². The molecule has 3 rings (SSSR count). The monoisotopic (exact) mass is 362 g/mol. The fraction of sp³-hybridized carbons (Fsp3) is 0.600. The third kappa shape index (κ3) is 4.30. The number of hydrogen-bond donors (Lipinski definition) is 1. The second-order valence-electron chi connectivity index (χ2n) is 5.95. The molecule has 2 aromatic rings. The molecule has 0 radical (unpaired) electrons. The van der Waals surface area contributed by atoms with Crippen molar-refractivity contribution >= 4 is 28.5 Å². The molecule has 0 aliphatic carbocycles. The van der Waals surface area contributed by atoms with E-state index in [0.29, 0.717) is 29.4 Å². The van der Waals surface area contributed by atoms with Crippen LogP contribution in [-0.2, 0) is 0 Å². The van der Waals surface area contributed by atoms with Gasteiger partial charge in [-0.15, -0.1) is 0 Å². The van der Waals surface area contributed by atoms with Crippen molar-refractivity contribution in [3.05, 3.63) is 17.6 Å². The third-order valence-corrected chi connectivity index (χ3v) is 4.36. The zero-order valence-corrected chi connectivity index (χ0v) is 13.7. The van der Waals surface area contributed by atoms with Crippen LogP contribution in [0.3, 0.4) is 0 Å². The Hall–Kier alpha value is -1.54.